The summed E-state index contributed by atoms with van der Waals surface area (Å²) in [7, 11) is 1.55. The van der Waals surface area contributed by atoms with E-state index in [0.29, 0.717) is 42.8 Å². The number of amides is 2. The molecule has 2 aliphatic rings. The first-order chi connectivity index (χ1) is 21.3. The van der Waals surface area contributed by atoms with Crippen molar-refractivity contribution in [3.05, 3.63) is 94.5 Å². The molecule has 0 spiro atoms. The molecule has 0 bridgehead atoms. The highest BCUT2D eigenvalue weighted by atomic mass is 16.5. The Balaban J connectivity index is 1.12. The summed E-state index contributed by atoms with van der Waals surface area (Å²) in [6.07, 6.45) is 6.21. The van der Waals surface area contributed by atoms with Crippen molar-refractivity contribution in [3.8, 4) is 5.75 Å². The standard InChI is InChI=1S/C34H37N5O5/c1-44-25-13-11-24(12-14-25)31(40)37-29-16-15-28-30(36-29)33(42)39(22-35-28)21-34(43)17-19-38(20-18-34)32(41)27-10-6-5-9-26(27)23-7-3-2-4-8-23/h2-4,7-8,11-16,22,26-27,43H,5-6,9-10,17-21H2,1H3,(H,36,37,40)/t26-,27+/m0/s1. The minimum atomic E-state index is -1.17. The number of carbonyl (C=O) groups excluding carboxylic acids is 2. The van der Waals surface area contributed by atoms with Crippen LogP contribution in [0.2, 0.25) is 0 Å². The van der Waals surface area contributed by atoms with E-state index in [-0.39, 0.29) is 41.5 Å². The normalized spacial score (nSPS) is 19.8. The number of anilines is 1. The predicted octanol–water partition coefficient (Wildman–Crippen LogP) is 4.38. The SMILES string of the molecule is COc1ccc(C(=O)Nc2ccc3ncn(CC4(O)CCN(C(=O)[C@@H]5CCCC[C@H]5c5ccccc5)CC4)c(=O)c3n2)cc1. The van der Waals surface area contributed by atoms with Gasteiger partial charge in [0.2, 0.25) is 5.91 Å². The smallest absolute Gasteiger partial charge is 0.280 e. The van der Waals surface area contributed by atoms with Gasteiger partial charge in [0.25, 0.3) is 11.5 Å². The molecule has 228 valence electrons. The van der Waals surface area contributed by atoms with Gasteiger partial charge in [0.05, 0.1) is 31.1 Å². The molecular weight excluding hydrogens is 558 g/mol. The van der Waals surface area contributed by atoms with E-state index in [1.807, 2.05) is 23.1 Å². The maximum atomic E-state index is 13.7. The molecule has 2 amide bonds. The molecule has 10 heteroatoms. The van der Waals surface area contributed by atoms with Gasteiger partial charge in [-0.3, -0.25) is 19.0 Å². The highest BCUT2D eigenvalue weighted by molar-refractivity contribution is 6.04. The Kier molecular flexibility index (Phi) is 8.43. The van der Waals surface area contributed by atoms with Gasteiger partial charge in [-0.05, 0) is 73.6 Å². The Morgan fingerprint density at radius 1 is 1.00 bits per heavy atom. The van der Waals surface area contributed by atoms with Crippen LogP contribution in [0.15, 0.2) is 77.9 Å². The fourth-order valence-corrected chi connectivity index (χ4v) is 6.53. The van der Waals surface area contributed by atoms with Gasteiger partial charge >= 0.3 is 0 Å². The minimum absolute atomic E-state index is 0.0387. The van der Waals surface area contributed by atoms with Gasteiger partial charge in [-0.1, -0.05) is 43.2 Å². The molecule has 1 saturated carbocycles. The van der Waals surface area contributed by atoms with E-state index in [2.05, 4.69) is 27.4 Å². The fraction of sp³-hybridized carbons (Fsp3) is 0.382. The number of nitrogens with zero attached hydrogens (tertiary/aromatic N) is 4. The van der Waals surface area contributed by atoms with Crippen LogP contribution in [0.5, 0.6) is 5.75 Å². The van der Waals surface area contributed by atoms with E-state index in [4.69, 9.17) is 4.74 Å². The molecule has 1 saturated heterocycles. The lowest BCUT2D eigenvalue weighted by atomic mass is 9.74. The first-order valence-electron chi connectivity index (χ1n) is 15.2. The lowest BCUT2D eigenvalue weighted by Crippen LogP contribution is -2.51. The number of methoxy groups -OCH3 is 1. The lowest BCUT2D eigenvalue weighted by molar-refractivity contribution is -0.142. The third-order valence-electron chi connectivity index (χ3n) is 9.05. The van der Waals surface area contributed by atoms with Crippen molar-refractivity contribution in [1.29, 1.82) is 0 Å². The van der Waals surface area contributed by atoms with Crippen LogP contribution in [0, 0.1) is 5.92 Å². The highest BCUT2D eigenvalue weighted by Gasteiger charge is 2.39. The van der Waals surface area contributed by atoms with Crippen molar-refractivity contribution in [3.63, 3.8) is 0 Å². The molecule has 0 radical (unpaired) electrons. The van der Waals surface area contributed by atoms with Gasteiger partial charge in [-0.25, -0.2) is 9.97 Å². The van der Waals surface area contributed by atoms with Crippen molar-refractivity contribution in [2.24, 2.45) is 5.92 Å². The second kappa shape index (κ2) is 12.6. The summed E-state index contributed by atoms with van der Waals surface area (Å²) < 4.78 is 6.51. The van der Waals surface area contributed by atoms with Crippen LogP contribution in [0.25, 0.3) is 11.0 Å². The molecule has 2 N–H and O–H groups in total. The Labute approximate surface area is 255 Å². The van der Waals surface area contributed by atoms with Crippen molar-refractivity contribution in [1.82, 2.24) is 19.4 Å². The van der Waals surface area contributed by atoms with E-state index in [0.717, 1.165) is 25.7 Å². The molecule has 1 aliphatic heterocycles. The number of benzene rings is 2. The van der Waals surface area contributed by atoms with E-state index in [9.17, 15) is 19.5 Å². The molecule has 2 aromatic carbocycles. The number of ether oxygens (including phenoxy) is 1. The number of nitrogens with one attached hydrogen (secondary N) is 1. The molecule has 4 aromatic rings. The Bertz CT molecular complexity index is 1700. The van der Waals surface area contributed by atoms with Crippen LogP contribution in [0.4, 0.5) is 5.82 Å². The van der Waals surface area contributed by atoms with Crippen LogP contribution in [-0.2, 0) is 11.3 Å². The monoisotopic (exact) mass is 595 g/mol. The number of pyridine rings is 1. The zero-order chi connectivity index (χ0) is 30.7. The van der Waals surface area contributed by atoms with E-state index in [1.54, 1.807) is 43.5 Å². The van der Waals surface area contributed by atoms with Crippen molar-refractivity contribution < 1.29 is 19.4 Å². The second-order valence-electron chi connectivity index (χ2n) is 11.9. The Morgan fingerprint density at radius 3 is 2.45 bits per heavy atom. The van der Waals surface area contributed by atoms with E-state index < -0.39 is 11.2 Å². The number of fused-ring (bicyclic) bond motifs is 1. The molecule has 0 unspecified atom stereocenters. The fourth-order valence-electron chi connectivity index (χ4n) is 6.53. The third kappa shape index (κ3) is 6.21. The van der Waals surface area contributed by atoms with Crippen molar-refractivity contribution >= 4 is 28.7 Å². The molecule has 2 fully saturated rings. The summed E-state index contributed by atoms with van der Waals surface area (Å²) in [5.74, 6) is 0.823. The molecular formula is C34H37N5O5. The Hall–Kier alpha value is -4.57. The predicted molar refractivity (Wildman–Crippen MR) is 167 cm³/mol. The average molecular weight is 596 g/mol. The van der Waals surface area contributed by atoms with Gasteiger partial charge < -0.3 is 20.1 Å². The maximum absolute atomic E-state index is 13.7. The first-order valence-corrected chi connectivity index (χ1v) is 15.2. The second-order valence-corrected chi connectivity index (χ2v) is 11.9. The summed E-state index contributed by atoms with van der Waals surface area (Å²) in [6, 6.07) is 20.2. The molecule has 10 nitrogen and oxygen atoms in total. The number of aromatic nitrogens is 3. The van der Waals surface area contributed by atoms with Gasteiger partial charge in [0.1, 0.15) is 11.6 Å². The number of carbonyl (C=O) groups is 2. The van der Waals surface area contributed by atoms with Gasteiger partial charge in [0.15, 0.2) is 5.52 Å². The number of aliphatic hydroxyl groups is 1. The third-order valence-corrected chi connectivity index (χ3v) is 9.05. The Morgan fingerprint density at radius 2 is 1.73 bits per heavy atom. The number of rotatable bonds is 7. The van der Waals surface area contributed by atoms with Crippen LogP contribution in [-0.4, -0.2) is 62.2 Å². The number of likely N-dealkylation sites (tertiary alicyclic amines) is 1. The number of piperidine rings is 1. The average Bonchev–Trinajstić information content (AvgIpc) is 3.06. The van der Waals surface area contributed by atoms with Crippen LogP contribution >= 0.6 is 0 Å². The molecule has 1 aliphatic carbocycles. The van der Waals surface area contributed by atoms with Crippen LogP contribution < -0.4 is 15.6 Å². The molecule has 6 rings (SSSR count). The van der Waals surface area contributed by atoms with Crippen LogP contribution in [0.3, 0.4) is 0 Å². The van der Waals surface area contributed by atoms with Gasteiger partial charge in [-0.15, -0.1) is 0 Å². The summed E-state index contributed by atoms with van der Waals surface area (Å²) in [5, 5.41) is 14.2. The maximum Gasteiger partial charge on any atom is 0.280 e. The van der Waals surface area contributed by atoms with E-state index >= 15 is 0 Å². The van der Waals surface area contributed by atoms with Crippen molar-refractivity contribution in [2.75, 3.05) is 25.5 Å². The lowest BCUT2D eigenvalue weighted by Gasteiger charge is -2.41. The summed E-state index contributed by atoms with van der Waals surface area (Å²) in [5.41, 5.74) is 0.556. The summed E-state index contributed by atoms with van der Waals surface area (Å²) in [6.45, 7) is 0.906. The first kappa shape index (κ1) is 29.5. The highest BCUT2D eigenvalue weighted by Crippen LogP contribution is 2.39. The number of hydrogen-bond acceptors (Lipinski definition) is 7. The molecule has 44 heavy (non-hydrogen) atoms. The molecule has 3 heterocycles. The van der Waals surface area contributed by atoms with Gasteiger partial charge in [-0.2, -0.15) is 0 Å². The van der Waals surface area contributed by atoms with Crippen LogP contribution in [0.1, 0.15) is 60.4 Å². The largest absolute Gasteiger partial charge is 0.497 e. The minimum Gasteiger partial charge on any atom is -0.497 e. The van der Waals surface area contributed by atoms with E-state index in [1.165, 1.54) is 16.5 Å². The quantitative estimate of drug-likeness (QED) is 0.325. The van der Waals surface area contributed by atoms with Crippen molar-refractivity contribution in [2.45, 2.75) is 56.6 Å². The molecule has 2 atom stereocenters. The molecule has 2 aromatic heterocycles. The number of hydrogen-bond donors (Lipinski definition) is 2. The zero-order valence-electron chi connectivity index (χ0n) is 24.8. The summed E-state index contributed by atoms with van der Waals surface area (Å²) >= 11 is 0. The van der Waals surface area contributed by atoms with Gasteiger partial charge in [0, 0.05) is 24.6 Å². The summed E-state index contributed by atoms with van der Waals surface area (Å²) in [4.78, 5) is 50.5. The topological polar surface area (TPSA) is 127 Å². The zero-order valence-corrected chi connectivity index (χ0v) is 24.8.